The Kier molecular flexibility index (Phi) is 11.1. The Bertz CT molecular complexity index is 2360. The molecule has 0 bridgehead atoms. The van der Waals surface area contributed by atoms with Crippen LogP contribution in [0.15, 0.2) is 249 Å². The fraction of sp³-hybridized carbons (Fsp3) is 0.0566. The summed E-state index contributed by atoms with van der Waals surface area (Å²) in [7, 11) is 0. The minimum Gasteiger partial charge on any atom is -0.324 e. The van der Waals surface area contributed by atoms with Crippen molar-refractivity contribution < 1.29 is 0 Å². The van der Waals surface area contributed by atoms with Crippen molar-refractivity contribution in [2.45, 2.75) is 18.3 Å². The molecule has 0 saturated carbocycles. The summed E-state index contributed by atoms with van der Waals surface area (Å²) in [4.78, 5) is 2.25. The average molecular weight is 696 g/mol. The van der Waals surface area contributed by atoms with Gasteiger partial charge in [-0.3, -0.25) is 0 Å². The van der Waals surface area contributed by atoms with Gasteiger partial charge < -0.3 is 4.90 Å². The van der Waals surface area contributed by atoms with Gasteiger partial charge in [-0.25, -0.2) is 0 Å². The van der Waals surface area contributed by atoms with Crippen molar-refractivity contribution in [1.29, 1.82) is 0 Å². The SMILES string of the molecule is C=C/C=C\CC=CC1(c2ccccc2)C2=C(C(=C)C(=C)/C=C\C=C/N(/C(=C\Cc3cccc(-c4ccccc4)c3)c3ccccc3)/C=C\2)c2ccccc21. The van der Waals surface area contributed by atoms with Gasteiger partial charge in [0.25, 0.3) is 0 Å². The highest BCUT2D eigenvalue weighted by Crippen LogP contribution is 2.54. The number of nitrogens with zero attached hydrogens (tertiary/aromatic N) is 1. The van der Waals surface area contributed by atoms with Crippen LogP contribution in [0.4, 0.5) is 0 Å². The van der Waals surface area contributed by atoms with Gasteiger partial charge in [0.2, 0.25) is 0 Å². The Balaban J connectivity index is 1.40. The maximum Gasteiger partial charge on any atom is 0.0645 e. The van der Waals surface area contributed by atoms with Crippen molar-refractivity contribution in [3.8, 4) is 11.1 Å². The Morgan fingerprint density at radius 2 is 1.37 bits per heavy atom. The van der Waals surface area contributed by atoms with Crippen LogP contribution in [0.2, 0.25) is 0 Å². The molecule has 1 aliphatic carbocycles. The quantitative estimate of drug-likeness (QED) is 0.104. The molecule has 1 aliphatic heterocycles. The van der Waals surface area contributed by atoms with E-state index in [4.69, 9.17) is 0 Å². The van der Waals surface area contributed by atoms with Crippen LogP contribution >= 0.6 is 0 Å². The topological polar surface area (TPSA) is 3.24 Å². The van der Waals surface area contributed by atoms with Crippen molar-refractivity contribution in [3.05, 3.63) is 277 Å². The molecule has 0 amide bonds. The summed E-state index contributed by atoms with van der Waals surface area (Å²) in [6.07, 6.45) is 27.3. The number of rotatable bonds is 10. The minimum absolute atomic E-state index is 0.573. The second-order valence-electron chi connectivity index (χ2n) is 13.5. The summed E-state index contributed by atoms with van der Waals surface area (Å²) in [5, 5.41) is 0. The van der Waals surface area contributed by atoms with E-state index in [1.807, 2.05) is 12.2 Å². The third-order valence-electron chi connectivity index (χ3n) is 10.1. The molecule has 2 aliphatic rings. The van der Waals surface area contributed by atoms with Crippen molar-refractivity contribution in [3.63, 3.8) is 0 Å². The van der Waals surface area contributed by atoms with Gasteiger partial charge in [0, 0.05) is 18.1 Å². The molecule has 262 valence electrons. The molecule has 0 N–H and O–H groups in total. The third kappa shape index (κ3) is 7.44. The van der Waals surface area contributed by atoms with Crippen LogP contribution in [0, 0.1) is 0 Å². The number of hydrogen-bond donors (Lipinski definition) is 0. The molecule has 54 heavy (non-hydrogen) atoms. The first-order valence-electron chi connectivity index (χ1n) is 18.6. The highest BCUT2D eigenvalue weighted by atomic mass is 15.1. The summed E-state index contributed by atoms with van der Waals surface area (Å²) in [6, 6.07) is 49.6. The molecule has 1 atom stereocenters. The van der Waals surface area contributed by atoms with Gasteiger partial charge in [-0.15, -0.1) is 0 Å². The normalized spacial score (nSPS) is 19.0. The second-order valence-corrected chi connectivity index (χ2v) is 13.5. The molecule has 0 spiro atoms. The first kappa shape index (κ1) is 35.7. The van der Waals surface area contributed by atoms with Crippen molar-refractivity contribution in [2.24, 2.45) is 0 Å². The van der Waals surface area contributed by atoms with E-state index in [2.05, 4.69) is 225 Å². The lowest BCUT2D eigenvalue weighted by Gasteiger charge is -2.31. The number of fused-ring (bicyclic) bond motifs is 2. The molecule has 0 radical (unpaired) electrons. The number of hydrogen-bond acceptors (Lipinski definition) is 1. The maximum atomic E-state index is 4.68. The minimum atomic E-state index is -0.573. The molecular weight excluding hydrogens is 651 g/mol. The van der Waals surface area contributed by atoms with E-state index in [1.54, 1.807) is 0 Å². The second kappa shape index (κ2) is 16.8. The zero-order valence-electron chi connectivity index (χ0n) is 30.7. The van der Waals surface area contributed by atoms with Gasteiger partial charge in [0.05, 0.1) is 5.41 Å². The molecule has 1 unspecified atom stereocenters. The fourth-order valence-corrected chi connectivity index (χ4v) is 7.50. The van der Waals surface area contributed by atoms with E-state index in [0.717, 1.165) is 46.4 Å². The molecule has 1 heterocycles. The molecule has 0 saturated heterocycles. The van der Waals surface area contributed by atoms with Gasteiger partial charge in [0.15, 0.2) is 0 Å². The Morgan fingerprint density at radius 3 is 2.15 bits per heavy atom. The van der Waals surface area contributed by atoms with Crippen LogP contribution in [-0.4, -0.2) is 4.90 Å². The molecule has 1 nitrogen and oxygen atoms in total. The van der Waals surface area contributed by atoms with Crippen LogP contribution in [0.1, 0.15) is 34.2 Å². The van der Waals surface area contributed by atoms with E-state index < -0.39 is 5.41 Å². The summed E-state index contributed by atoms with van der Waals surface area (Å²) < 4.78 is 0. The van der Waals surface area contributed by atoms with E-state index >= 15 is 0 Å². The van der Waals surface area contributed by atoms with E-state index in [-0.39, 0.29) is 0 Å². The Labute approximate surface area is 321 Å². The summed E-state index contributed by atoms with van der Waals surface area (Å²) in [6.45, 7) is 13.0. The molecule has 0 fully saturated rings. The Hall–Kier alpha value is -6.70. The smallest absolute Gasteiger partial charge is 0.0645 e. The highest BCUT2D eigenvalue weighted by molar-refractivity contribution is 5.96. The average Bonchev–Trinajstić information content (AvgIpc) is 3.50. The number of allylic oxidation sites excluding steroid dienone is 14. The number of benzene rings is 5. The molecule has 1 heteroatoms. The van der Waals surface area contributed by atoms with E-state index in [1.165, 1.54) is 33.4 Å². The van der Waals surface area contributed by atoms with Gasteiger partial charge in [-0.05, 0) is 86.2 Å². The fourth-order valence-electron chi connectivity index (χ4n) is 7.50. The summed E-state index contributed by atoms with van der Waals surface area (Å²) >= 11 is 0. The predicted octanol–water partition coefficient (Wildman–Crippen LogP) is 13.4. The molecule has 5 aromatic rings. The zero-order valence-corrected chi connectivity index (χ0v) is 30.7. The lowest BCUT2D eigenvalue weighted by molar-refractivity contribution is 0.713. The predicted molar refractivity (Wildman–Crippen MR) is 231 cm³/mol. The van der Waals surface area contributed by atoms with Gasteiger partial charge in [-0.2, -0.15) is 0 Å². The molecule has 5 aromatic carbocycles. The Morgan fingerprint density at radius 1 is 0.667 bits per heavy atom. The van der Waals surface area contributed by atoms with E-state index in [0.29, 0.717) is 0 Å². The van der Waals surface area contributed by atoms with Crippen LogP contribution in [0.25, 0.3) is 22.4 Å². The maximum absolute atomic E-state index is 4.68. The van der Waals surface area contributed by atoms with Crippen molar-refractivity contribution in [1.82, 2.24) is 4.90 Å². The largest absolute Gasteiger partial charge is 0.324 e. The van der Waals surface area contributed by atoms with Crippen LogP contribution in [0.5, 0.6) is 0 Å². The third-order valence-corrected chi connectivity index (χ3v) is 10.1. The lowest BCUT2D eigenvalue weighted by Crippen LogP contribution is -2.25. The van der Waals surface area contributed by atoms with E-state index in [9.17, 15) is 0 Å². The van der Waals surface area contributed by atoms with Gasteiger partial charge >= 0.3 is 0 Å². The van der Waals surface area contributed by atoms with Crippen molar-refractivity contribution in [2.75, 3.05) is 0 Å². The summed E-state index contributed by atoms with van der Waals surface area (Å²) in [5.41, 5.74) is 13.0. The van der Waals surface area contributed by atoms with Crippen LogP contribution < -0.4 is 0 Å². The first-order chi connectivity index (χ1) is 26.6. The lowest BCUT2D eigenvalue weighted by atomic mass is 9.71. The van der Waals surface area contributed by atoms with Gasteiger partial charge in [0.1, 0.15) is 0 Å². The molecule has 0 aromatic heterocycles. The first-order valence-corrected chi connectivity index (χ1v) is 18.6. The molecule has 7 rings (SSSR count). The monoisotopic (exact) mass is 695 g/mol. The summed E-state index contributed by atoms with van der Waals surface area (Å²) in [5.74, 6) is 0. The van der Waals surface area contributed by atoms with Crippen molar-refractivity contribution >= 4 is 11.3 Å². The highest BCUT2D eigenvalue weighted by Gasteiger charge is 2.44. The van der Waals surface area contributed by atoms with Crippen LogP contribution in [0.3, 0.4) is 0 Å². The molecular formula is C53H45N. The zero-order chi connectivity index (χ0) is 37.2. The standard InChI is InChI=1S/C53H45N/c1-4-5-6-7-20-37-53(47-30-15-10-16-31-47)49-33-18-17-32-48(49)52-42(3)41(2)23-19-21-38-54(39-36-50(52)53)51(45-27-13-9-14-28-45)35-34-43-24-22-29-46(40-43)44-25-11-8-12-26-44/h4-6,8-33,35-40H,1-3,7,34H2/b6-5-,23-19-,37-20?,38-21-,39-36-,51-35-. The van der Waals surface area contributed by atoms with Crippen LogP contribution in [-0.2, 0) is 11.8 Å². The van der Waals surface area contributed by atoms with Gasteiger partial charge in [-0.1, -0.05) is 208 Å².